The first-order chi connectivity index (χ1) is 13.3. The summed E-state index contributed by atoms with van der Waals surface area (Å²) >= 11 is 0. The molecule has 1 aromatic carbocycles. The third-order valence-corrected chi connectivity index (χ3v) is 4.37. The maximum absolute atomic E-state index is 14.1. The Morgan fingerprint density at radius 1 is 1.18 bits per heavy atom. The Balaban J connectivity index is 1.71. The van der Waals surface area contributed by atoms with Gasteiger partial charge in [-0.1, -0.05) is 0 Å². The number of aromatic nitrogens is 2. The van der Waals surface area contributed by atoms with Crippen molar-refractivity contribution in [3.05, 3.63) is 41.5 Å². The van der Waals surface area contributed by atoms with Crippen LogP contribution in [0.3, 0.4) is 0 Å². The molecule has 0 bridgehead atoms. The van der Waals surface area contributed by atoms with Crippen molar-refractivity contribution in [3.8, 4) is 17.5 Å². The first-order valence-corrected chi connectivity index (χ1v) is 8.52. The summed E-state index contributed by atoms with van der Waals surface area (Å²) in [4.78, 5) is 31.2. The topological polar surface area (TPSA) is 122 Å². The number of carboxylic acid groups (broad SMARTS) is 2. The molecule has 1 aliphatic heterocycles. The lowest BCUT2D eigenvalue weighted by Gasteiger charge is -2.30. The monoisotopic (exact) mass is 391 g/mol. The Hall–Kier alpha value is -3.43. The lowest BCUT2D eigenvalue weighted by Crippen LogP contribution is -2.41. The van der Waals surface area contributed by atoms with Gasteiger partial charge in [0, 0.05) is 25.9 Å². The van der Waals surface area contributed by atoms with Crippen LogP contribution in [0.15, 0.2) is 24.5 Å². The molecule has 28 heavy (non-hydrogen) atoms. The Kier molecular flexibility index (Phi) is 5.57. The van der Waals surface area contributed by atoms with Crippen molar-refractivity contribution in [2.45, 2.75) is 25.9 Å². The van der Waals surface area contributed by atoms with Crippen LogP contribution in [0.2, 0.25) is 0 Å². The highest BCUT2D eigenvalue weighted by Crippen LogP contribution is 2.30. The number of halogens is 1. The fourth-order valence-electron chi connectivity index (χ4n) is 2.78. The minimum Gasteiger partial charge on any atom is -0.478 e. The summed E-state index contributed by atoms with van der Waals surface area (Å²) in [6.45, 7) is 2.39. The van der Waals surface area contributed by atoms with Crippen molar-refractivity contribution in [1.82, 2.24) is 14.9 Å². The molecule has 2 heterocycles. The zero-order valence-corrected chi connectivity index (χ0v) is 15.0. The molecule has 9 nitrogen and oxygen atoms in total. The van der Waals surface area contributed by atoms with Gasteiger partial charge in [-0.05, 0) is 25.1 Å². The molecule has 1 saturated heterocycles. The molecule has 2 N–H and O–H groups in total. The quantitative estimate of drug-likeness (QED) is 0.798. The van der Waals surface area contributed by atoms with Gasteiger partial charge in [0.15, 0.2) is 11.6 Å². The Morgan fingerprint density at radius 2 is 1.86 bits per heavy atom. The average Bonchev–Trinajstić information content (AvgIpc) is 2.66. The number of likely N-dealkylation sites (tertiary alicyclic amines) is 1. The van der Waals surface area contributed by atoms with Crippen LogP contribution in [-0.2, 0) is 0 Å². The predicted molar refractivity (Wildman–Crippen MR) is 93.5 cm³/mol. The molecule has 1 amide bonds. The molecule has 148 valence electrons. The van der Waals surface area contributed by atoms with E-state index < -0.39 is 17.9 Å². The van der Waals surface area contributed by atoms with Crippen LogP contribution in [-0.4, -0.2) is 56.3 Å². The smallest absolute Gasteiger partial charge is 0.407 e. The number of ether oxygens (including phenoxy) is 2. The summed E-state index contributed by atoms with van der Waals surface area (Å²) in [7, 11) is 0. The Morgan fingerprint density at radius 3 is 2.46 bits per heavy atom. The molecule has 0 unspecified atom stereocenters. The van der Waals surface area contributed by atoms with E-state index in [1.807, 2.05) is 0 Å². The molecule has 1 aromatic heterocycles. The zero-order chi connectivity index (χ0) is 20.3. The van der Waals surface area contributed by atoms with Gasteiger partial charge in [0.2, 0.25) is 11.8 Å². The van der Waals surface area contributed by atoms with Crippen molar-refractivity contribution in [2.24, 2.45) is 0 Å². The van der Waals surface area contributed by atoms with E-state index in [1.54, 1.807) is 6.92 Å². The van der Waals surface area contributed by atoms with E-state index in [0.29, 0.717) is 31.5 Å². The van der Waals surface area contributed by atoms with Gasteiger partial charge in [-0.25, -0.2) is 23.9 Å². The summed E-state index contributed by atoms with van der Waals surface area (Å²) in [5.74, 6) is -1.90. The van der Waals surface area contributed by atoms with Crippen LogP contribution in [0.25, 0.3) is 0 Å². The fraction of sp³-hybridized carbons (Fsp3) is 0.333. The standard InChI is InChI=1S/C18H18FN3O6/c1-10-15(27-12-4-6-22(7-5-12)18(25)26)20-9-21-16(10)28-14-3-2-11(17(23)24)8-13(14)19/h2-3,8-9,12H,4-7H2,1H3,(H,23,24)(H,25,26). The van der Waals surface area contributed by atoms with Gasteiger partial charge in [-0.2, -0.15) is 0 Å². The number of hydrogen-bond acceptors (Lipinski definition) is 6. The molecule has 0 radical (unpaired) electrons. The minimum atomic E-state index is -1.24. The van der Waals surface area contributed by atoms with Crippen molar-refractivity contribution in [3.63, 3.8) is 0 Å². The number of piperidine rings is 1. The summed E-state index contributed by atoms with van der Waals surface area (Å²) in [5.41, 5.74) is 0.255. The van der Waals surface area contributed by atoms with Gasteiger partial charge < -0.3 is 24.6 Å². The molecule has 0 atom stereocenters. The van der Waals surface area contributed by atoms with Gasteiger partial charge >= 0.3 is 12.1 Å². The van der Waals surface area contributed by atoms with E-state index in [2.05, 4.69) is 9.97 Å². The molecule has 1 aliphatic rings. The summed E-state index contributed by atoms with van der Waals surface area (Å²) in [6, 6.07) is 3.30. The van der Waals surface area contributed by atoms with E-state index in [0.717, 1.165) is 6.07 Å². The van der Waals surface area contributed by atoms with Crippen LogP contribution in [0, 0.1) is 12.7 Å². The SMILES string of the molecule is Cc1c(Oc2ccc(C(=O)O)cc2F)ncnc1OC1CCN(C(=O)O)CC1. The molecule has 0 saturated carbocycles. The first kappa shape index (κ1) is 19.3. The summed E-state index contributed by atoms with van der Waals surface area (Å²) < 4.78 is 25.4. The molecule has 3 rings (SSSR count). The number of rotatable bonds is 5. The second-order valence-electron chi connectivity index (χ2n) is 6.25. The van der Waals surface area contributed by atoms with Gasteiger partial charge in [-0.3, -0.25) is 0 Å². The van der Waals surface area contributed by atoms with Crippen molar-refractivity contribution in [2.75, 3.05) is 13.1 Å². The van der Waals surface area contributed by atoms with Crippen LogP contribution in [0.1, 0.15) is 28.8 Å². The van der Waals surface area contributed by atoms with Crippen molar-refractivity contribution < 1.29 is 33.7 Å². The summed E-state index contributed by atoms with van der Waals surface area (Å²) in [5, 5.41) is 17.9. The third-order valence-electron chi connectivity index (χ3n) is 4.37. The number of carboxylic acids is 1. The largest absolute Gasteiger partial charge is 0.478 e. The van der Waals surface area contributed by atoms with Crippen LogP contribution in [0.5, 0.6) is 17.5 Å². The van der Waals surface area contributed by atoms with E-state index in [9.17, 15) is 14.0 Å². The summed E-state index contributed by atoms with van der Waals surface area (Å²) in [6.07, 6.45) is 1.11. The van der Waals surface area contributed by atoms with Crippen molar-refractivity contribution >= 4 is 12.1 Å². The van der Waals surface area contributed by atoms with Crippen LogP contribution in [0.4, 0.5) is 9.18 Å². The molecular weight excluding hydrogens is 373 g/mol. The maximum atomic E-state index is 14.1. The number of benzene rings is 1. The highest BCUT2D eigenvalue weighted by molar-refractivity contribution is 5.87. The van der Waals surface area contributed by atoms with Crippen LogP contribution >= 0.6 is 0 Å². The lowest BCUT2D eigenvalue weighted by atomic mass is 10.1. The molecular formula is C18H18FN3O6. The molecule has 0 spiro atoms. The molecule has 0 aliphatic carbocycles. The number of hydrogen-bond donors (Lipinski definition) is 2. The number of nitrogens with zero attached hydrogens (tertiary/aromatic N) is 3. The zero-order valence-electron chi connectivity index (χ0n) is 15.0. The highest BCUT2D eigenvalue weighted by Gasteiger charge is 2.25. The maximum Gasteiger partial charge on any atom is 0.407 e. The van der Waals surface area contributed by atoms with Gasteiger partial charge in [0.25, 0.3) is 0 Å². The second-order valence-corrected chi connectivity index (χ2v) is 6.25. The van der Waals surface area contributed by atoms with E-state index in [4.69, 9.17) is 19.7 Å². The van der Waals surface area contributed by atoms with E-state index in [-0.39, 0.29) is 29.2 Å². The highest BCUT2D eigenvalue weighted by atomic mass is 19.1. The normalized spacial score (nSPS) is 14.6. The molecule has 1 fully saturated rings. The van der Waals surface area contributed by atoms with Crippen LogP contribution < -0.4 is 9.47 Å². The second kappa shape index (κ2) is 8.07. The number of carbonyl (C=O) groups is 2. The molecule has 2 aromatic rings. The Bertz CT molecular complexity index is 899. The fourth-order valence-corrected chi connectivity index (χ4v) is 2.78. The van der Waals surface area contributed by atoms with Gasteiger partial charge in [-0.15, -0.1) is 0 Å². The molecule has 10 heteroatoms. The number of amides is 1. The third kappa shape index (κ3) is 4.27. The van der Waals surface area contributed by atoms with E-state index >= 15 is 0 Å². The van der Waals surface area contributed by atoms with Gasteiger partial charge in [0.05, 0.1) is 11.1 Å². The first-order valence-electron chi connectivity index (χ1n) is 8.52. The Labute approximate surface area is 159 Å². The predicted octanol–water partition coefficient (Wildman–Crippen LogP) is 2.94. The van der Waals surface area contributed by atoms with Gasteiger partial charge in [0.1, 0.15) is 12.4 Å². The minimum absolute atomic E-state index is 0.0787. The average molecular weight is 391 g/mol. The van der Waals surface area contributed by atoms with E-state index in [1.165, 1.54) is 23.4 Å². The lowest BCUT2D eigenvalue weighted by molar-refractivity contribution is 0.0695. The van der Waals surface area contributed by atoms with Crippen molar-refractivity contribution in [1.29, 1.82) is 0 Å². The number of aromatic carboxylic acids is 1.